The van der Waals surface area contributed by atoms with Gasteiger partial charge in [-0.25, -0.2) is 0 Å². The van der Waals surface area contributed by atoms with Crippen molar-refractivity contribution in [2.75, 3.05) is 19.0 Å². The Morgan fingerprint density at radius 3 is 2.77 bits per heavy atom. The van der Waals surface area contributed by atoms with Crippen molar-refractivity contribution < 1.29 is 9.53 Å². The molecule has 22 heavy (non-hydrogen) atoms. The molecule has 0 atom stereocenters. The average Bonchev–Trinajstić information content (AvgIpc) is 2.98. The lowest BCUT2D eigenvalue weighted by molar-refractivity contribution is 0.104. The average molecular weight is 294 g/mol. The molecule has 0 spiro atoms. The van der Waals surface area contributed by atoms with Crippen LogP contribution in [0.4, 0.5) is 5.69 Å². The summed E-state index contributed by atoms with van der Waals surface area (Å²) in [7, 11) is 1.62. The van der Waals surface area contributed by atoms with Crippen LogP contribution in [0.2, 0.25) is 0 Å². The van der Waals surface area contributed by atoms with Gasteiger partial charge in [0.25, 0.3) is 0 Å². The van der Waals surface area contributed by atoms with Crippen LogP contribution in [-0.4, -0.2) is 24.4 Å². The van der Waals surface area contributed by atoms with Crippen LogP contribution in [0.1, 0.15) is 22.8 Å². The van der Waals surface area contributed by atoms with E-state index < -0.39 is 0 Å². The number of H-pyrrole nitrogens is 1. The molecule has 2 aromatic carbocycles. The molecular formula is C18H18N2O2. The summed E-state index contributed by atoms with van der Waals surface area (Å²) in [5.41, 5.74) is 3.10. The molecule has 0 amide bonds. The summed E-state index contributed by atoms with van der Waals surface area (Å²) in [5.74, 6) is 0.733. The number of carbonyl (C=O) groups excluding carboxylic acids is 1. The highest BCUT2D eigenvalue weighted by atomic mass is 16.5. The molecule has 4 nitrogen and oxygen atoms in total. The van der Waals surface area contributed by atoms with Crippen molar-refractivity contribution in [2.45, 2.75) is 6.92 Å². The first kappa shape index (κ1) is 14.2. The zero-order chi connectivity index (χ0) is 15.5. The number of nitrogens with one attached hydrogen (secondary N) is 2. The number of ketones is 1. The van der Waals surface area contributed by atoms with Gasteiger partial charge in [0.15, 0.2) is 5.78 Å². The Labute approximate surface area is 129 Å². The Hall–Kier alpha value is -2.75. The third kappa shape index (κ3) is 2.44. The molecule has 0 saturated heterocycles. The third-order valence-electron chi connectivity index (χ3n) is 3.67. The third-order valence-corrected chi connectivity index (χ3v) is 3.67. The number of methoxy groups -OCH3 is 1. The Balaban J connectivity index is 2.09. The molecule has 3 aromatic rings. The molecule has 0 saturated carbocycles. The Morgan fingerprint density at radius 1 is 1.18 bits per heavy atom. The largest absolute Gasteiger partial charge is 0.497 e. The monoisotopic (exact) mass is 294 g/mol. The second kappa shape index (κ2) is 5.93. The van der Waals surface area contributed by atoms with E-state index in [-0.39, 0.29) is 5.78 Å². The second-order valence-corrected chi connectivity index (χ2v) is 5.02. The number of ether oxygens (including phenoxy) is 1. The zero-order valence-corrected chi connectivity index (χ0v) is 12.6. The first-order valence-electron chi connectivity index (χ1n) is 7.27. The fourth-order valence-electron chi connectivity index (χ4n) is 2.59. The van der Waals surface area contributed by atoms with Gasteiger partial charge in [0.1, 0.15) is 5.75 Å². The number of fused-ring (bicyclic) bond motifs is 1. The van der Waals surface area contributed by atoms with E-state index in [1.165, 1.54) is 0 Å². The zero-order valence-electron chi connectivity index (χ0n) is 12.6. The van der Waals surface area contributed by atoms with Gasteiger partial charge in [-0.15, -0.1) is 0 Å². The maximum Gasteiger partial charge on any atom is 0.197 e. The minimum atomic E-state index is -0.00365. The highest BCUT2D eigenvalue weighted by molar-refractivity contribution is 6.18. The maximum absolute atomic E-state index is 12.9. The minimum Gasteiger partial charge on any atom is -0.497 e. The highest BCUT2D eigenvalue weighted by Gasteiger charge is 2.17. The van der Waals surface area contributed by atoms with Gasteiger partial charge in [-0.3, -0.25) is 4.79 Å². The molecule has 3 rings (SSSR count). The summed E-state index contributed by atoms with van der Waals surface area (Å²) in [4.78, 5) is 16.1. The molecule has 0 unspecified atom stereocenters. The lowest BCUT2D eigenvalue weighted by atomic mass is 10.0. The molecule has 2 N–H and O–H groups in total. The number of aromatic nitrogens is 1. The SMILES string of the molecule is CCNc1ccccc1C(=O)c1c[nH]c2ccc(OC)cc12. The molecule has 0 aliphatic rings. The predicted molar refractivity (Wildman–Crippen MR) is 88.9 cm³/mol. The van der Waals surface area contributed by atoms with Gasteiger partial charge in [-0.1, -0.05) is 12.1 Å². The van der Waals surface area contributed by atoms with E-state index in [0.29, 0.717) is 11.1 Å². The molecule has 112 valence electrons. The summed E-state index contributed by atoms with van der Waals surface area (Å²) >= 11 is 0. The lowest BCUT2D eigenvalue weighted by Gasteiger charge is -2.09. The molecule has 4 heteroatoms. The van der Waals surface area contributed by atoms with Gasteiger partial charge in [0, 0.05) is 40.5 Å². The van der Waals surface area contributed by atoms with E-state index >= 15 is 0 Å². The van der Waals surface area contributed by atoms with Crippen LogP contribution < -0.4 is 10.1 Å². The van der Waals surface area contributed by atoms with E-state index in [1.54, 1.807) is 13.3 Å². The smallest absolute Gasteiger partial charge is 0.197 e. The van der Waals surface area contributed by atoms with Crippen molar-refractivity contribution in [3.63, 3.8) is 0 Å². The highest BCUT2D eigenvalue weighted by Crippen LogP contribution is 2.27. The van der Waals surface area contributed by atoms with E-state index in [2.05, 4.69) is 10.3 Å². The standard InChI is InChI=1S/C18H18N2O2/c1-3-19-16-7-5-4-6-13(16)18(21)15-11-20-17-9-8-12(22-2)10-14(15)17/h4-11,19-20H,3H2,1-2H3. The van der Waals surface area contributed by atoms with Crippen LogP contribution in [-0.2, 0) is 0 Å². The summed E-state index contributed by atoms with van der Waals surface area (Å²) in [6.45, 7) is 2.78. The summed E-state index contributed by atoms with van der Waals surface area (Å²) in [6, 6.07) is 13.2. The number of carbonyl (C=O) groups is 1. The predicted octanol–water partition coefficient (Wildman–Crippen LogP) is 3.84. The number of hydrogen-bond acceptors (Lipinski definition) is 3. The van der Waals surface area contributed by atoms with Crippen LogP contribution in [0.25, 0.3) is 10.9 Å². The van der Waals surface area contributed by atoms with Gasteiger partial charge >= 0.3 is 0 Å². The van der Waals surface area contributed by atoms with Crippen molar-refractivity contribution >= 4 is 22.4 Å². The van der Waals surface area contributed by atoms with Crippen molar-refractivity contribution in [1.82, 2.24) is 4.98 Å². The number of benzene rings is 2. The molecule has 1 heterocycles. The molecule has 0 aliphatic carbocycles. The van der Waals surface area contributed by atoms with E-state index in [0.717, 1.165) is 28.9 Å². The minimum absolute atomic E-state index is 0.00365. The van der Waals surface area contributed by atoms with E-state index in [4.69, 9.17) is 4.74 Å². The van der Waals surface area contributed by atoms with E-state index in [9.17, 15) is 4.79 Å². The fourth-order valence-corrected chi connectivity index (χ4v) is 2.59. The Kier molecular flexibility index (Phi) is 3.83. The molecule has 0 bridgehead atoms. The molecule has 0 radical (unpaired) electrons. The van der Waals surface area contributed by atoms with Gasteiger partial charge < -0.3 is 15.0 Å². The van der Waals surface area contributed by atoms with Crippen LogP contribution in [0.3, 0.4) is 0 Å². The van der Waals surface area contributed by atoms with Gasteiger partial charge in [0.2, 0.25) is 0 Å². The first-order valence-corrected chi connectivity index (χ1v) is 7.27. The van der Waals surface area contributed by atoms with Crippen LogP contribution in [0, 0.1) is 0 Å². The topological polar surface area (TPSA) is 54.1 Å². The molecule has 1 aromatic heterocycles. The molecule has 0 fully saturated rings. The van der Waals surface area contributed by atoms with Gasteiger partial charge in [0.05, 0.1) is 7.11 Å². The number of anilines is 1. The lowest BCUT2D eigenvalue weighted by Crippen LogP contribution is -2.07. The van der Waals surface area contributed by atoms with Gasteiger partial charge in [-0.2, -0.15) is 0 Å². The molecular weight excluding hydrogens is 276 g/mol. The van der Waals surface area contributed by atoms with Crippen molar-refractivity contribution in [1.29, 1.82) is 0 Å². The summed E-state index contributed by atoms with van der Waals surface area (Å²) in [6.07, 6.45) is 1.76. The summed E-state index contributed by atoms with van der Waals surface area (Å²) in [5, 5.41) is 4.10. The molecule has 0 aliphatic heterocycles. The van der Waals surface area contributed by atoms with Crippen molar-refractivity contribution in [2.24, 2.45) is 0 Å². The maximum atomic E-state index is 12.9. The van der Waals surface area contributed by atoms with E-state index in [1.807, 2.05) is 49.4 Å². The van der Waals surface area contributed by atoms with Crippen LogP contribution in [0.5, 0.6) is 5.75 Å². The Bertz CT molecular complexity index is 821. The Morgan fingerprint density at radius 2 is 2.00 bits per heavy atom. The van der Waals surface area contributed by atoms with Crippen molar-refractivity contribution in [3.05, 3.63) is 59.8 Å². The number of para-hydroxylation sites is 1. The number of aromatic amines is 1. The van der Waals surface area contributed by atoms with Crippen molar-refractivity contribution in [3.8, 4) is 5.75 Å². The number of rotatable bonds is 5. The first-order chi connectivity index (χ1) is 10.7. The normalized spacial score (nSPS) is 10.6. The second-order valence-electron chi connectivity index (χ2n) is 5.02. The quantitative estimate of drug-likeness (QED) is 0.703. The van der Waals surface area contributed by atoms with Crippen LogP contribution in [0.15, 0.2) is 48.7 Å². The van der Waals surface area contributed by atoms with Crippen LogP contribution >= 0.6 is 0 Å². The fraction of sp³-hybridized carbons (Fsp3) is 0.167. The number of hydrogen-bond donors (Lipinski definition) is 2. The van der Waals surface area contributed by atoms with Gasteiger partial charge in [-0.05, 0) is 37.3 Å². The summed E-state index contributed by atoms with van der Waals surface area (Å²) < 4.78 is 5.26.